The summed E-state index contributed by atoms with van der Waals surface area (Å²) in [6.45, 7) is 2.36. The minimum Gasteiger partial charge on any atom is -0.495 e. The first-order chi connectivity index (χ1) is 13.0. The molecule has 0 aliphatic carbocycles. The van der Waals surface area contributed by atoms with E-state index < -0.39 is 10.0 Å². The summed E-state index contributed by atoms with van der Waals surface area (Å²) in [6, 6.07) is 6.77. The van der Waals surface area contributed by atoms with Crippen molar-refractivity contribution in [1.29, 1.82) is 0 Å². The van der Waals surface area contributed by atoms with Gasteiger partial charge < -0.3 is 9.26 Å². The lowest BCUT2D eigenvalue weighted by Gasteiger charge is -2.36. The van der Waals surface area contributed by atoms with Gasteiger partial charge in [0.25, 0.3) is 0 Å². The van der Waals surface area contributed by atoms with E-state index in [1.54, 1.807) is 30.6 Å². The van der Waals surface area contributed by atoms with E-state index >= 15 is 0 Å². The summed E-state index contributed by atoms with van der Waals surface area (Å²) >= 11 is 0. The SMILES string of the molecule is COc1ccc(C)cc1S(=O)(=O)N1CC(c2nc(-c3ncccn3)no2)C1. The topological polar surface area (TPSA) is 111 Å². The minimum absolute atomic E-state index is 0.160. The molecule has 0 bridgehead atoms. The zero-order valence-electron chi connectivity index (χ0n) is 14.7. The zero-order valence-corrected chi connectivity index (χ0v) is 15.5. The van der Waals surface area contributed by atoms with Gasteiger partial charge in [0.2, 0.25) is 27.6 Å². The third kappa shape index (κ3) is 3.17. The first-order valence-electron chi connectivity index (χ1n) is 8.25. The number of benzene rings is 1. The van der Waals surface area contributed by atoms with Crippen LogP contribution in [0.25, 0.3) is 11.6 Å². The molecule has 0 spiro atoms. The number of hydrogen-bond acceptors (Lipinski definition) is 8. The summed E-state index contributed by atoms with van der Waals surface area (Å²) < 4.78 is 37.7. The Bertz CT molecular complexity index is 1060. The number of methoxy groups -OCH3 is 1. The van der Waals surface area contributed by atoms with E-state index in [-0.39, 0.29) is 29.7 Å². The molecule has 10 heteroatoms. The van der Waals surface area contributed by atoms with Gasteiger partial charge in [-0.15, -0.1) is 0 Å². The molecular formula is C17H17N5O4S. The Morgan fingerprint density at radius 3 is 2.63 bits per heavy atom. The normalized spacial score (nSPS) is 15.5. The lowest BCUT2D eigenvalue weighted by atomic mass is 10.0. The Labute approximate surface area is 156 Å². The van der Waals surface area contributed by atoms with Crippen molar-refractivity contribution < 1.29 is 17.7 Å². The average molecular weight is 387 g/mol. The molecule has 1 aromatic carbocycles. The summed E-state index contributed by atoms with van der Waals surface area (Å²) in [4.78, 5) is 12.6. The Kier molecular flexibility index (Phi) is 4.36. The van der Waals surface area contributed by atoms with Crippen molar-refractivity contribution in [1.82, 2.24) is 24.4 Å². The molecule has 0 amide bonds. The summed E-state index contributed by atoms with van der Waals surface area (Å²) in [5, 5.41) is 3.87. The first-order valence-corrected chi connectivity index (χ1v) is 9.69. The molecule has 0 radical (unpaired) electrons. The van der Waals surface area contributed by atoms with E-state index in [1.165, 1.54) is 11.4 Å². The molecule has 9 nitrogen and oxygen atoms in total. The van der Waals surface area contributed by atoms with Crippen LogP contribution in [-0.4, -0.2) is 53.0 Å². The van der Waals surface area contributed by atoms with E-state index in [0.29, 0.717) is 17.5 Å². The highest BCUT2D eigenvalue weighted by Crippen LogP contribution is 2.35. The highest BCUT2D eigenvalue weighted by Gasteiger charge is 2.41. The van der Waals surface area contributed by atoms with Gasteiger partial charge in [0, 0.05) is 25.5 Å². The smallest absolute Gasteiger partial charge is 0.246 e. The fourth-order valence-electron chi connectivity index (χ4n) is 2.82. The fourth-order valence-corrected chi connectivity index (χ4v) is 4.59. The summed E-state index contributed by atoms with van der Waals surface area (Å²) in [5.74, 6) is 1.18. The Hall–Kier alpha value is -2.85. The predicted molar refractivity (Wildman–Crippen MR) is 94.6 cm³/mol. The third-order valence-electron chi connectivity index (χ3n) is 4.34. The average Bonchev–Trinajstić information content (AvgIpc) is 3.10. The number of sulfonamides is 1. The van der Waals surface area contributed by atoms with Crippen LogP contribution in [0.2, 0.25) is 0 Å². The summed E-state index contributed by atoms with van der Waals surface area (Å²) in [6.07, 6.45) is 3.18. The van der Waals surface area contributed by atoms with E-state index in [9.17, 15) is 8.42 Å². The first kappa shape index (κ1) is 17.6. The summed E-state index contributed by atoms with van der Waals surface area (Å²) in [5.41, 5.74) is 0.843. The second kappa shape index (κ2) is 6.71. The highest BCUT2D eigenvalue weighted by molar-refractivity contribution is 7.89. The molecule has 0 saturated carbocycles. The second-order valence-electron chi connectivity index (χ2n) is 6.20. The molecule has 4 rings (SSSR count). The molecule has 0 unspecified atom stereocenters. The van der Waals surface area contributed by atoms with Crippen molar-refractivity contribution in [3.63, 3.8) is 0 Å². The molecule has 1 saturated heterocycles. The molecule has 140 valence electrons. The number of aromatic nitrogens is 4. The third-order valence-corrected chi connectivity index (χ3v) is 6.19. The molecule has 27 heavy (non-hydrogen) atoms. The van der Waals surface area contributed by atoms with E-state index in [4.69, 9.17) is 9.26 Å². The van der Waals surface area contributed by atoms with Gasteiger partial charge in [0.05, 0.1) is 13.0 Å². The van der Waals surface area contributed by atoms with Crippen LogP contribution in [0, 0.1) is 6.92 Å². The largest absolute Gasteiger partial charge is 0.495 e. The van der Waals surface area contributed by atoms with Crippen molar-refractivity contribution in [2.45, 2.75) is 17.7 Å². The van der Waals surface area contributed by atoms with Crippen LogP contribution in [0.5, 0.6) is 5.75 Å². The van der Waals surface area contributed by atoms with Gasteiger partial charge in [0.15, 0.2) is 0 Å². The van der Waals surface area contributed by atoms with Crippen LogP contribution in [0.1, 0.15) is 17.4 Å². The standard InChI is InChI=1S/C17H17N5O4S/c1-11-4-5-13(25-2)14(8-11)27(23,24)22-9-12(10-22)17-20-16(21-26-17)15-18-6-3-7-19-15/h3-8,12H,9-10H2,1-2H3. The van der Waals surface area contributed by atoms with Crippen LogP contribution in [0.4, 0.5) is 0 Å². The van der Waals surface area contributed by atoms with Crippen molar-refractivity contribution in [2.24, 2.45) is 0 Å². The maximum Gasteiger partial charge on any atom is 0.246 e. The molecule has 1 aliphatic heterocycles. The fraction of sp³-hybridized carbons (Fsp3) is 0.294. The summed E-state index contributed by atoms with van der Waals surface area (Å²) in [7, 11) is -2.21. The van der Waals surface area contributed by atoms with Gasteiger partial charge in [-0.2, -0.15) is 9.29 Å². The van der Waals surface area contributed by atoms with E-state index in [2.05, 4.69) is 20.1 Å². The molecule has 3 heterocycles. The second-order valence-corrected chi connectivity index (χ2v) is 8.11. The van der Waals surface area contributed by atoms with Crippen molar-refractivity contribution in [3.8, 4) is 17.4 Å². The Morgan fingerprint density at radius 2 is 1.93 bits per heavy atom. The van der Waals surface area contributed by atoms with Gasteiger partial charge in [-0.25, -0.2) is 18.4 Å². The predicted octanol–water partition coefficient (Wildman–Crippen LogP) is 1.63. The van der Waals surface area contributed by atoms with Gasteiger partial charge in [-0.3, -0.25) is 0 Å². The maximum atomic E-state index is 12.9. The molecule has 3 aromatic rings. The van der Waals surface area contributed by atoms with E-state index in [1.807, 2.05) is 13.0 Å². The molecule has 0 N–H and O–H groups in total. The Balaban J connectivity index is 1.51. The minimum atomic E-state index is -3.66. The maximum absolute atomic E-state index is 12.9. The van der Waals surface area contributed by atoms with Gasteiger partial charge in [-0.1, -0.05) is 11.2 Å². The Morgan fingerprint density at radius 1 is 1.19 bits per heavy atom. The number of hydrogen-bond donors (Lipinski definition) is 0. The molecule has 1 fully saturated rings. The van der Waals surface area contributed by atoms with Crippen LogP contribution in [-0.2, 0) is 10.0 Å². The van der Waals surface area contributed by atoms with Crippen LogP contribution in [0.15, 0.2) is 46.1 Å². The van der Waals surface area contributed by atoms with Crippen molar-refractivity contribution in [2.75, 3.05) is 20.2 Å². The zero-order chi connectivity index (χ0) is 19.0. The molecular weight excluding hydrogens is 370 g/mol. The quantitative estimate of drug-likeness (QED) is 0.649. The van der Waals surface area contributed by atoms with Crippen LogP contribution < -0.4 is 4.74 Å². The van der Waals surface area contributed by atoms with Gasteiger partial charge in [-0.05, 0) is 30.7 Å². The van der Waals surface area contributed by atoms with Crippen molar-refractivity contribution in [3.05, 3.63) is 48.1 Å². The van der Waals surface area contributed by atoms with Gasteiger partial charge in [0.1, 0.15) is 10.6 Å². The van der Waals surface area contributed by atoms with Crippen LogP contribution >= 0.6 is 0 Å². The molecule has 2 aromatic heterocycles. The highest BCUT2D eigenvalue weighted by atomic mass is 32.2. The number of ether oxygens (including phenoxy) is 1. The molecule has 1 aliphatic rings. The van der Waals surface area contributed by atoms with E-state index in [0.717, 1.165) is 5.56 Å². The monoisotopic (exact) mass is 387 g/mol. The van der Waals surface area contributed by atoms with Crippen LogP contribution in [0.3, 0.4) is 0 Å². The lowest BCUT2D eigenvalue weighted by molar-refractivity contribution is 0.216. The lowest BCUT2D eigenvalue weighted by Crippen LogP contribution is -2.48. The number of rotatable bonds is 5. The molecule has 0 atom stereocenters. The number of nitrogens with zero attached hydrogens (tertiary/aromatic N) is 5. The van der Waals surface area contributed by atoms with Crippen molar-refractivity contribution >= 4 is 10.0 Å². The van der Waals surface area contributed by atoms with Gasteiger partial charge >= 0.3 is 0 Å². The number of aryl methyl sites for hydroxylation is 1.